The third-order valence-corrected chi connectivity index (χ3v) is 7.52. The average molecular weight is 457 g/mol. The molecule has 0 saturated carbocycles. The normalized spacial score (nSPS) is 13.0. The number of fused-ring (bicyclic) bond motifs is 1. The van der Waals surface area contributed by atoms with Crippen molar-refractivity contribution in [2.75, 3.05) is 18.2 Å². The van der Waals surface area contributed by atoms with Gasteiger partial charge in [0.25, 0.3) is 0 Å². The number of amides is 1. The lowest BCUT2D eigenvalue weighted by Gasteiger charge is -2.11. The first kappa shape index (κ1) is 21.6. The Bertz CT molecular complexity index is 1120. The molecular weight excluding hydrogens is 432 g/mol. The first-order valence-electron chi connectivity index (χ1n) is 10.1. The third kappa shape index (κ3) is 4.52. The van der Waals surface area contributed by atoms with E-state index in [0.717, 1.165) is 42.6 Å². The van der Waals surface area contributed by atoms with Crippen molar-refractivity contribution in [3.05, 3.63) is 45.8 Å². The number of carbonyl (C=O) groups is 2. The summed E-state index contributed by atoms with van der Waals surface area (Å²) in [6, 6.07) is 8.08. The van der Waals surface area contributed by atoms with E-state index in [4.69, 9.17) is 4.74 Å². The number of methoxy groups -OCH3 is 1. The van der Waals surface area contributed by atoms with Gasteiger partial charge in [-0.25, -0.2) is 4.79 Å². The molecule has 0 radical (unpaired) electrons. The van der Waals surface area contributed by atoms with Crippen LogP contribution in [0, 0.1) is 6.92 Å². The molecule has 0 saturated heterocycles. The van der Waals surface area contributed by atoms with Crippen LogP contribution in [0.15, 0.2) is 29.4 Å². The summed E-state index contributed by atoms with van der Waals surface area (Å²) in [5, 5.41) is 12.7. The summed E-state index contributed by atoms with van der Waals surface area (Å²) < 4.78 is 6.85. The molecule has 2 heterocycles. The number of thiophene rings is 1. The van der Waals surface area contributed by atoms with E-state index in [1.54, 1.807) is 0 Å². The van der Waals surface area contributed by atoms with Gasteiger partial charge in [0.05, 0.1) is 18.4 Å². The van der Waals surface area contributed by atoms with Gasteiger partial charge in [-0.1, -0.05) is 41.6 Å². The highest BCUT2D eigenvalue weighted by molar-refractivity contribution is 7.99. The summed E-state index contributed by atoms with van der Waals surface area (Å²) in [7, 11) is 3.26. The van der Waals surface area contributed by atoms with Crippen LogP contribution >= 0.6 is 23.1 Å². The van der Waals surface area contributed by atoms with Crippen molar-refractivity contribution in [2.45, 2.75) is 37.8 Å². The Labute approximate surface area is 189 Å². The number of anilines is 1. The molecule has 0 spiro atoms. The van der Waals surface area contributed by atoms with Crippen molar-refractivity contribution >= 4 is 40.0 Å². The van der Waals surface area contributed by atoms with Gasteiger partial charge in [0.2, 0.25) is 5.91 Å². The highest BCUT2D eigenvalue weighted by Crippen LogP contribution is 2.38. The molecule has 0 bridgehead atoms. The van der Waals surface area contributed by atoms with Crippen molar-refractivity contribution in [1.29, 1.82) is 0 Å². The maximum absolute atomic E-state index is 12.7. The minimum absolute atomic E-state index is 0.170. The highest BCUT2D eigenvalue weighted by Gasteiger charge is 2.27. The summed E-state index contributed by atoms with van der Waals surface area (Å²) in [5.41, 5.74) is 3.70. The van der Waals surface area contributed by atoms with Crippen molar-refractivity contribution in [1.82, 2.24) is 14.8 Å². The van der Waals surface area contributed by atoms with Gasteiger partial charge in [0.15, 0.2) is 11.0 Å². The van der Waals surface area contributed by atoms with Crippen LogP contribution in [-0.4, -0.2) is 39.5 Å². The number of thioether (sulfide) groups is 1. The van der Waals surface area contributed by atoms with Crippen LogP contribution in [0.5, 0.6) is 0 Å². The molecule has 0 unspecified atom stereocenters. The van der Waals surface area contributed by atoms with Gasteiger partial charge in [0, 0.05) is 17.5 Å². The number of hydrogen-bond acceptors (Lipinski definition) is 7. The molecule has 0 aliphatic heterocycles. The number of esters is 1. The largest absolute Gasteiger partial charge is 0.465 e. The third-order valence-electron chi connectivity index (χ3n) is 5.29. The SMILES string of the molecule is COC(=O)c1c(NC(=O)CSc2nnc(-c3ccc(C)cc3)n2C)sc2c1CCCC2. The summed E-state index contributed by atoms with van der Waals surface area (Å²) >= 11 is 2.80. The second kappa shape index (κ2) is 9.23. The number of rotatable bonds is 6. The van der Waals surface area contributed by atoms with Crippen LogP contribution in [0.1, 0.15) is 39.2 Å². The van der Waals surface area contributed by atoms with E-state index in [1.807, 2.05) is 42.8 Å². The lowest BCUT2D eigenvalue weighted by atomic mass is 9.95. The zero-order valence-corrected chi connectivity index (χ0v) is 19.4. The molecule has 1 aliphatic carbocycles. The second-order valence-corrected chi connectivity index (χ2v) is 9.52. The van der Waals surface area contributed by atoms with E-state index in [0.29, 0.717) is 15.7 Å². The highest BCUT2D eigenvalue weighted by atomic mass is 32.2. The molecule has 3 aromatic rings. The maximum atomic E-state index is 12.7. The summed E-state index contributed by atoms with van der Waals surface area (Å²) in [5.74, 6) is 0.345. The lowest BCUT2D eigenvalue weighted by molar-refractivity contribution is -0.113. The second-order valence-electron chi connectivity index (χ2n) is 7.47. The summed E-state index contributed by atoms with van der Waals surface area (Å²) in [6.45, 7) is 2.04. The minimum atomic E-state index is -0.390. The molecule has 1 amide bonds. The fourth-order valence-corrected chi connectivity index (χ4v) is 5.66. The van der Waals surface area contributed by atoms with Crippen LogP contribution in [0.4, 0.5) is 5.00 Å². The minimum Gasteiger partial charge on any atom is -0.465 e. The average Bonchev–Trinajstić information content (AvgIpc) is 3.32. The number of aryl methyl sites for hydroxylation is 2. The van der Waals surface area contributed by atoms with Crippen LogP contribution in [-0.2, 0) is 29.4 Å². The van der Waals surface area contributed by atoms with Crippen LogP contribution in [0.2, 0.25) is 0 Å². The number of carbonyl (C=O) groups excluding carboxylic acids is 2. The monoisotopic (exact) mass is 456 g/mol. The predicted molar refractivity (Wildman–Crippen MR) is 123 cm³/mol. The Kier molecular flexibility index (Phi) is 6.43. The number of aromatic nitrogens is 3. The van der Waals surface area contributed by atoms with Gasteiger partial charge < -0.3 is 14.6 Å². The molecule has 31 heavy (non-hydrogen) atoms. The molecule has 1 N–H and O–H groups in total. The van der Waals surface area contributed by atoms with E-state index in [2.05, 4.69) is 15.5 Å². The Morgan fingerprint density at radius 2 is 1.94 bits per heavy atom. The molecule has 0 atom stereocenters. The van der Waals surface area contributed by atoms with Gasteiger partial charge in [-0.15, -0.1) is 21.5 Å². The van der Waals surface area contributed by atoms with Crippen LogP contribution in [0.3, 0.4) is 0 Å². The predicted octanol–water partition coefficient (Wildman–Crippen LogP) is 4.25. The molecule has 7 nitrogen and oxygen atoms in total. The van der Waals surface area contributed by atoms with E-state index in [9.17, 15) is 9.59 Å². The van der Waals surface area contributed by atoms with Gasteiger partial charge in [-0.2, -0.15) is 0 Å². The molecular formula is C22H24N4O3S2. The van der Waals surface area contributed by atoms with Gasteiger partial charge >= 0.3 is 5.97 Å². The molecule has 4 rings (SSSR count). The maximum Gasteiger partial charge on any atom is 0.341 e. The number of nitrogens with one attached hydrogen (secondary N) is 1. The first-order valence-corrected chi connectivity index (χ1v) is 11.9. The molecule has 162 valence electrons. The Morgan fingerprint density at radius 3 is 2.68 bits per heavy atom. The van der Waals surface area contributed by atoms with Gasteiger partial charge in [0.1, 0.15) is 5.00 Å². The Morgan fingerprint density at radius 1 is 1.19 bits per heavy atom. The van der Waals surface area contributed by atoms with E-state index in [-0.39, 0.29) is 11.7 Å². The lowest BCUT2D eigenvalue weighted by Crippen LogP contribution is -2.17. The molecule has 1 aliphatic rings. The number of nitrogens with zero attached hydrogens (tertiary/aromatic N) is 3. The Balaban J connectivity index is 1.45. The van der Waals surface area contributed by atoms with Crippen molar-refractivity contribution < 1.29 is 14.3 Å². The zero-order chi connectivity index (χ0) is 22.0. The van der Waals surface area contributed by atoms with Gasteiger partial charge in [-0.3, -0.25) is 4.79 Å². The first-order chi connectivity index (χ1) is 15.0. The standard InChI is InChI=1S/C22H24N4O3S2/c1-13-8-10-14(11-9-13)19-24-25-22(26(19)2)30-12-17(27)23-20-18(21(28)29-3)15-6-4-5-7-16(15)31-20/h8-11H,4-7,12H2,1-3H3,(H,23,27). The smallest absolute Gasteiger partial charge is 0.341 e. The van der Waals surface area contributed by atoms with E-state index in [1.165, 1.54) is 40.6 Å². The van der Waals surface area contributed by atoms with E-state index >= 15 is 0 Å². The summed E-state index contributed by atoms with van der Waals surface area (Å²) in [4.78, 5) is 26.2. The van der Waals surface area contributed by atoms with E-state index < -0.39 is 5.97 Å². The molecule has 1 aromatic carbocycles. The number of hydrogen-bond donors (Lipinski definition) is 1. The number of benzene rings is 1. The van der Waals surface area contributed by atoms with Crippen LogP contribution in [0.25, 0.3) is 11.4 Å². The van der Waals surface area contributed by atoms with Gasteiger partial charge in [-0.05, 0) is 38.2 Å². The summed E-state index contributed by atoms with van der Waals surface area (Å²) in [6.07, 6.45) is 3.94. The Hall–Kier alpha value is -2.65. The number of ether oxygens (including phenoxy) is 1. The molecule has 0 fully saturated rings. The fraction of sp³-hybridized carbons (Fsp3) is 0.364. The van der Waals surface area contributed by atoms with Crippen molar-refractivity contribution in [3.8, 4) is 11.4 Å². The molecule has 2 aromatic heterocycles. The van der Waals surface area contributed by atoms with Crippen LogP contribution < -0.4 is 5.32 Å². The van der Waals surface area contributed by atoms with Crippen molar-refractivity contribution in [3.63, 3.8) is 0 Å². The fourth-order valence-electron chi connectivity index (χ4n) is 3.66. The quantitative estimate of drug-likeness (QED) is 0.441. The topological polar surface area (TPSA) is 86.1 Å². The van der Waals surface area contributed by atoms with Crippen molar-refractivity contribution in [2.24, 2.45) is 7.05 Å². The molecule has 9 heteroatoms. The zero-order valence-electron chi connectivity index (χ0n) is 17.7.